The number of fused-ring (bicyclic) bond motifs is 1. The Kier molecular flexibility index (Phi) is 4.69. The first kappa shape index (κ1) is 14.5. The van der Waals surface area contributed by atoms with Crippen LogP contribution in [-0.2, 0) is 9.47 Å². The van der Waals surface area contributed by atoms with Gasteiger partial charge >= 0.3 is 5.97 Å². The minimum Gasteiger partial charge on any atom is -0.460 e. The Morgan fingerprint density at radius 3 is 2.75 bits per heavy atom. The smallest absolute Gasteiger partial charge is 0.338 e. The zero-order chi connectivity index (χ0) is 14.5. The van der Waals surface area contributed by atoms with E-state index in [4.69, 9.17) is 9.47 Å². The molecule has 4 heteroatoms. The number of ether oxygens (including phenoxy) is 2. The Hall–Kier alpha value is -1.94. The number of aryl methyl sites for hydroxylation is 2. The van der Waals surface area contributed by atoms with Gasteiger partial charge in [0, 0.05) is 17.7 Å². The Balaban J connectivity index is 2.27. The summed E-state index contributed by atoms with van der Waals surface area (Å²) in [5, 5.41) is 0.831. The van der Waals surface area contributed by atoms with Gasteiger partial charge in [-0.3, -0.25) is 4.98 Å². The second-order valence-corrected chi connectivity index (χ2v) is 4.66. The van der Waals surface area contributed by atoms with E-state index in [-0.39, 0.29) is 12.6 Å². The maximum atomic E-state index is 12.2. The van der Waals surface area contributed by atoms with Crippen LogP contribution < -0.4 is 0 Å². The molecule has 0 atom stereocenters. The lowest BCUT2D eigenvalue weighted by Gasteiger charge is -2.09. The first-order valence-electron chi connectivity index (χ1n) is 6.74. The van der Waals surface area contributed by atoms with E-state index >= 15 is 0 Å². The van der Waals surface area contributed by atoms with E-state index < -0.39 is 0 Å². The van der Waals surface area contributed by atoms with Crippen LogP contribution in [0.4, 0.5) is 0 Å². The van der Waals surface area contributed by atoms with Crippen molar-refractivity contribution >= 4 is 16.9 Å². The Bertz CT molecular complexity index is 622. The molecule has 1 aromatic carbocycles. The average Bonchev–Trinajstić information content (AvgIpc) is 2.43. The fourth-order valence-electron chi connectivity index (χ4n) is 2.06. The maximum Gasteiger partial charge on any atom is 0.338 e. The lowest BCUT2D eigenvalue weighted by atomic mass is 10.1. The van der Waals surface area contributed by atoms with E-state index in [9.17, 15) is 4.79 Å². The first-order valence-corrected chi connectivity index (χ1v) is 6.74. The van der Waals surface area contributed by atoms with Crippen molar-refractivity contribution < 1.29 is 14.3 Å². The van der Waals surface area contributed by atoms with Gasteiger partial charge in [-0.2, -0.15) is 0 Å². The second-order valence-electron chi connectivity index (χ2n) is 4.66. The predicted molar refractivity (Wildman–Crippen MR) is 78.0 cm³/mol. The molecule has 0 unspecified atom stereocenters. The third-order valence-corrected chi connectivity index (χ3v) is 2.98. The highest BCUT2D eigenvalue weighted by Gasteiger charge is 2.13. The molecular formula is C16H19NO3. The molecule has 20 heavy (non-hydrogen) atoms. The standard InChI is InChI=1S/C16H19NO3/c1-4-19-7-8-20-16(18)14-10-12(3)17-15-6-5-11(2)9-13(14)15/h5-6,9-10H,4,7-8H2,1-3H3. The van der Waals surface area contributed by atoms with Crippen LogP contribution in [0.1, 0.15) is 28.5 Å². The van der Waals surface area contributed by atoms with Crippen LogP contribution in [-0.4, -0.2) is 30.8 Å². The Labute approximate surface area is 118 Å². The van der Waals surface area contributed by atoms with Crippen molar-refractivity contribution in [2.75, 3.05) is 19.8 Å². The molecule has 1 aromatic heterocycles. The van der Waals surface area contributed by atoms with Crippen LogP contribution in [0, 0.1) is 13.8 Å². The summed E-state index contributed by atoms with van der Waals surface area (Å²) in [5.74, 6) is -0.328. The van der Waals surface area contributed by atoms with Gasteiger partial charge in [0.1, 0.15) is 6.61 Å². The fraction of sp³-hybridized carbons (Fsp3) is 0.375. The van der Waals surface area contributed by atoms with Crippen molar-refractivity contribution in [3.05, 3.63) is 41.1 Å². The van der Waals surface area contributed by atoms with Crippen LogP contribution in [0.5, 0.6) is 0 Å². The fourth-order valence-corrected chi connectivity index (χ4v) is 2.06. The van der Waals surface area contributed by atoms with E-state index in [1.54, 1.807) is 6.07 Å². The number of esters is 1. The molecule has 106 valence electrons. The number of carbonyl (C=O) groups is 1. The number of benzene rings is 1. The number of rotatable bonds is 5. The summed E-state index contributed by atoms with van der Waals surface area (Å²) in [5.41, 5.74) is 3.27. The molecular weight excluding hydrogens is 254 g/mol. The summed E-state index contributed by atoms with van der Waals surface area (Å²) in [6.45, 7) is 7.07. The van der Waals surface area contributed by atoms with Gasteiger partial charge < -0.3 is 9.47 Å². The van der Waals surface area contributed by atoms with Crippen LogP contribution in [0.3, 0.4) is 0 Å². The lowest BCUT2D eigenvalue weighted by Crippen LogP contribution is -2.12. The molecule has 0 aliphatic carbocycles. The van der Waals surface area contributed by atoms with Gasteiger partial charge in [-0.1, -0.05) is 11.6 Å². The molecule has 0 spiro atoms. The Morgan fingerprint density at radius 1 is 1.20 bits per heavy atom. The van der Waals surface area contributed by atoms with Gasteiger partial charge in [0.2, 0.25) is 0 Å². The number of hydrogen-bond donors (Lipinski definition) is 0. The van der Waals surface area contributed by atoms with Crippen molar-refractivity contribution in [3.8, 4) is 0 Å². The van der Waals surface area contributed by atoms with Crippen molar-refractivity contribution in [2.45, 2.75) is 20.8 Å². The van der Waals surface area contributed by atoms with Crippen molar-refractivity contribution in [2.24, 2.45) is 0 Å². The van der Waals surface area contributed by atoms with Crippen LogP contribution >= 0.6 is 0 Å². The monoisotopic (exact) mass is 273 g/mol. The van der Waals surface area contributed by atoms with Gasteiger partial charge in [0.25, 0.3) is 0 Å². The molecule has 2 rings (SSSR count). The molecule has 0 amide bonds. The van der Waals surface area contributed by atoms with E-state index in [1.807, 2.05) is 39.0 Å². The van der Waals surface area contributed by atoms with E-state index in [1.165, 1.54) is 0 Å². The second kappa shape index (κ2) is 6.48. The molecule has 0 N–H and O–H groups in total. The summed E-state index contributed by atoms with van der Waals surface area (Å²) in [4.78, 5) is 16.6. The molecule has 2 aromatic rings. The minimum atomic E-state index is -0.328. The van der Waals surface area contributed by atoms with Gasteiger partial charge in [0.05, 0.1) is 17.7 Å². The molecule has 0 radical (unpaired) electrons. The quantitative estimate of drug-likeness (QED) is 0.620. The van der Waals surface area contributed by atoms with Crippen LogP contribution in [0.2, 0.25) is 0 Å². The number of hydrogen-bond acceptors (Lipinski definition) is 4. The van der Waals surface area contributed by atoms with E-state index in [0.29, 0.717) is 18.8 Å². The highest BCUT2D eigenvalue weighted by atomic mass is 16.6. The maximum absolute atomic E-state index is 12.2. The highest BCUT2D eigenvalue weighted by molar-refractivity contribution is 6.03. The predicted octanol–water partition coefficient (Wildman–Crippen LogP) is 3.04. The Morgan fingerprint density at radius 2 is 2.00 bits per heavy atom. The minimum absolute atomic E-state index is 0.265. The summed E-state index contributed by atoms with van der Waals surface area (Å²) in [6.07, 6.45) is 0. The molecule has 0 fully saturated rings. The molecule has 0 bridgehead atoms. The van der Waals surface area contributed by atoms with Crippen molar-refractivity contribution in [1.82, 2.24) is 4.98 Å². The number of carbonyl (C=O) groups excluding carboxylic acids is 1. The van der Waals surface area contributed by atoms with Crippen LogP contribution in [0.25, 0.3) is 10.9 Å². The zero-order valence-corrected chi connectivity index (χ0v) is 12.1. The first-order chi connectivity index (χ1) is 9.61. The van der Waals surface area contributed by atoms with Crippen molar-refractivity contribution in [1.29, 1.82) is 0 Å². The van der Waals surface area contributed by atoms with E-state index in [0.717, 1.165) is 22.2 Å². The molecule has 0 aliphatic heterocycles. The molecule has 0 saturated heterocycles. The third-order valence-electron chi connectivity index (χ3n) is 2.98. The number of nitrogens with zero attached hydrogens (tertiary/aromatic N) is 1. The van der Waals surface area contributed by atoms with Gasteiger partial charge in [0.15, 0.2) is 0 Å². The third kappa shape index (κ3) is 3.33. The number of aromatic nitrogens is 1. The average molecular weight is 273 g/mol. The molecule has 0 aliphatic rings. The molecule has 4 nitrogen and oxygen atoms in total. The summed E-state index contributed by atoms with van der Waals surface area (Å²) in [7, 11) is 0. The normalized spacial score (nSPS) is 10.8. The molecule has 0 saturated carbocycles. The topological polar surface area (TPSA) is 48.4 Å². The number of pyridine rings is 1. The van der Waals surface area contributed by atoms with Gasteiger partial charge in [-0.05, 0) is 39.0 Å². The molecule has 1 heterocycles. The van der Waals surface area contributed by atoms with Crippen LogP contribution in [0.15, 0.2) is 24.3 Å². The van der Waals surface area contributed by atoms with Gasteiger partial charge in [-0.15, -0.1) is 0 Å². The van der Waals surface area contributed by atoms with Gasteiger partial charge in [-0.25, -0.2) is 4.79 Å². The highest BCUT2D eigenvalue weighted by Crippen LogP contribution is 2.20. The van der Waals surface area contributed by atoms with E-state index in [2.05, 4.69) is 4.98 Å². The summed E-state index contributed by atoms with van der Waals surface area (Å²) in [6, 6.07) is 7.64. The lowest BCUT2D eigenvalue weighted by molar-refractivity contribution is 0.0337. The largest absolute Gasteiger partial charge is 0.460 e. The zero-order valence-electron chi connectivity index (χ0n) is 12.1. The summed E-state index contributed by atoms with van der Waals surface area (Å²) < 4.78 is 10.4. The SMILES string of the molecule is CCOCCOC(=O)c1cc(C)nc2ccc(C)cc12. The summed E-state index contributed by atoms with van der Waals surface area (Å²) >= 11 is 0. The van der Waals surface area contributed by atoms with Crippen molar-refractivity contribution in [3.63, 3.8) is 0 Å².